The normalized spacial score (nSPS) is 11.1. The van der Waals surface area contributed by atoms with E-state index in [1.165, 1.54) is 6.33 Å². The van der Waals surface area contributed by atoms with Crippen LogP contribution in [-0.4, -0.2) is 15.9 Å². The molecule has 0 atom stereocenters. The summed E-state index contributed by atoms with van der Waals surface area (Å²) in [4.78, 5) is 20.3. The molecular weight excluding hydrogens is 252 g/mol. The number of anilines is 1. The van der Waals surface area contributed by atoms with Gasteiger partial charge in [-0.05, 0) is 37.6 Å². The van der Waals surface area contributed by atoms with Gasteiger partial charge in [0.1, 0.15) is 6.33 Å². The van der Waals surface area contributed by atoms with Gasteiger partial charge in [0.05, 0.1) is 17.7 Å². The summed E-state index contributed by atoms with van der Waals surface area (Å²) in [6.45, 7) is 4.15. The third-order valence-corrected chi connectivity index (χ3v) is 3.27. The lowest BCUT2D eigenvalue weighted by Gasteiger charge is -2.24. The lowest BCUT2D eigenvalue weighted by atomic mass is 9.83. The number of amides is 1. The van der Waals surface area contributed by atoms with E-state index in [-0.39, 0.29) is 5.91 Å². The molecule has 3 N–H and O–H groups in total. The van der Waals surface area contributed by atoms with Crippen LogP contribution < -0.4 is 11.1 Å². The molecule has 0 saturated heterocycles. The Labute approximate surface area is 118 Å². The van der Waals surface area contributed by atoms with E-state index in [1.54, 1.807) is 24.4 Å². The molecule has 20 heavy (non-hydrogen) atoms. The van der Waals surface area contributed by atoms with Crippen molar-refractivity contribution in [2.75, 3.05) is 5.73 Å². The number of carbonyl (C=O) groups excluding carboxylic acids is 1. The van der Waals surface area contributed by atoms with Crippen LogP contribution in [0.2, 0.25) is 0 Å². The number of hydrogen-bond acceptors (Lipinski definition) is 4. The highest BCUT2D eigenvalue weighted by Crippen LogP contribution is 2.24. The SMILES string of the molecule is CC(C)(C(=O)NCc1ccncn1)c1ccc(N)cc1. The highest BCUT2D eigenvalue weighted by molar-refractivity contribution is 5.87. The van der Waals surface area contributed by atoms with E-state index >= 15 is 0 Å². The molecule has 2 rings (SSSR count). The Balaban J connectivity index is 2.05. The fourth-order valence-corrected chi connectivity index (χ4v) is 1.85. The summed E-state index contributed by atoms with van der Waals surface area (Å²) >= 11 is 0. The minimum absolute atomic E-state index is 0.0547. The predicted octanol–water partition coefficient (Wildman–Crippen LogP) is 1.65. The van der Waals surface area contributed by atoms with Crippen LogP contribution in [0.25, 0.3) is 0 Å². The van der Waals surface area contributed by atoms with Crippen molar-refractivity contribution in [1.82, 2.24) is 15.3 Å². The zero-order chi connectivity index (χ0) is 14.6. The maximum Gasteiger partial charge on any atom is 0.230 e. The van der Waals surface area contributed by atoms with Crippen molar-refractivity contribution in [3.63, 3.8) is 0 Å². The Morgan fingerprint density at radius 2 is 1.95 bits per heavy atom. The number of rotatable bonds is 4. The number of carbonyl (C=O) groups is 1. The van der Waals surface area contributed by atoms with Crippen molar-refractivity contribution in [2.45, 2.75) is 25.8 Å². The molecule has 1 aromatic carbocycles. The first kappa shape index (κ1) is 14.0. The molecule has 2 aromatic rings. The largest absolute Gasteiger partial charge is 0.399 e. The Morgan fingerprint density at radius 1 is 1.25 bits per heavy atom. The number of nitrogens with one attached hydrogen (secondary N) is 1. The number of nitrogen functional groups attached to an aromatic ring is 1. The van der Waals surface area contributed by atoms with E-state index in [1.807, 2.05) is 26.0 Å². The molecule has 5 heteroatoms. The second-order valence-electron chi connectivity index (χ2n) is 5.13. The Bertz CT molecular complexity index is 579. The monoisotopic (exact) mass is 270 g/mol. The van der Waals surface area contributed by atoms with E-state index in [0.717, 1.165) is 11.3 Å². The van der Waals surface area contributed by atoms with Crippen molar-refractivity contribution in [3.05, 3.63) is 54.1 Å². The lowest BCUT2D eigenvalue weighted by molar-refractivity contribution is -0.125. The summed E-state index contributed by atoms with van der Waals surface area (Å²) in [5.74, 6) is -0.0547. The zero-order valence-electron chi connectivity index (χ0n) is 11.6. The van der Waals surface area contributed by atoms with Gasteiger partial charge in [0, 0.05) is 11.9 Å². The van der Waals surface area contributed by atoms with Gasteiger partial charge < -0.3 is 11.1 Å². The molecule has 0 spiro atoms. The first-order chi connectivity index (χ1) is 9.50. The zero-order valence-corrected chi connectivity index (χ0v) is 11.6. The van der Waals surface area contributed by atoms with E-state index in [4.69, 9.17) is 5.73 Å². The molecule has 0 unspecified atom stereocenters. The lowest BCUT2D eigenvalue weighted by Crippen LogP contribution is -2.39. The van der Waals surface area contributed by atoms with Crippen LogP contribution >= 0.6 is 0 Å². The second-order valence-corrected chi connectivity index (χ2v) is 5.13. The van der Waals surface area contributed by atoms with Crippen LogP contribution in [0.1, 0.15) is 25.1 Å². The molecular formula is C15H18N4O. The Hall–Kier alpha value is -2.43. The molecule has 0 aliphatic carbocycles. The van der Waals surface area contributed by atoms with Crippen molar-refractivity contribution >= 4 is 11.6 Å². The van der Waals surface area contributed by atoms with E-state index in [9.17, 15) is 4.79 Å². The summed E-state index contributed by atoms with van der Waals surface area (Å²) in [6, 6.07) is 9.12. The Kier molecular flexibility index (Phi) is 3.98. The minimum Gasteiger partial charge on any atom is -0.399 e. The fourth-order valence-electron chi connectivity index (χ4n) is 1.85. The predicted molar refractivity (Wildman–Crippen MR) is 77.8 cm³/mol. The van der Waals surface area contributed by atoms with Crippen LogP contribution in [0.4, 0.5) is 5.69 Å². The summed E-state index contributed by atoms with van der Waals surface area (Å²) in [7, 11) is 0. The quantitative estimate of drug-likeness (QED) is 0.828. The molecule has 1 aromatic heterocycles. The highest BCUT2D eigenvalue weighted by Gasteiger charge is 2.29. The third kappa shape index (κ3) is 3.12. The minimum atomic E-state index is -0.624. The van der Waals surface area contributed by atoms with E-state index < -0.39 is 5.41 Å². The maximum atomic E-state index is 12.3. The summed E-state index contributed by atoms with van der Waals surface area (Å²) in [5, 5.41) is 2.89. The first-order valence-corrected chi connectivity index (χ1v) is 6.39. The number of nitrogens with zero attached hydrogens (tertiary/aromatic N) is 2. The van der Waals surface area contributed by atoms with Gasteiger partial charge in [-0.2, -0.15) is 0 Å². The summed E-state index contributed by atoms with van der Waals surface area (Å²) in [6.07, 6.45) is 3.12. The van der Waals surface area contributed by atoms with Crippen molar-refractivity contribution in [2.24, 2.45) is 0 Å². The number of aromatic nitrogens is 2. The van der Waals surface area contributed by atoms with Gasteiger partial charge in [0.25, 0.3) is 0 Å². The van der Waals surface area contributed by atoms with Crippen LogP contribution in [0.3, 0.4) is 0 Å². The smallest absolute Gasteiger partial charge is 0.230 e. The van der Waals surface area contributed by atoms with Gasteiger partial charge in [0.15, 0.2) is 0 Å². The average molecular weight is 270 g/mol. The number of benzene rings is 1. The Morgan fingerprint density at radius 3 is 2.55 bits per heavy atom. The number of hydrogen-bond donors (Lipinski definition) is 2. The second kappa shape index (κ2) is 5.69. The van der Waals surface area contributed by atoms with Gasteiger partial charge in [-0.25, -0.2) is 9.97 Å². The molecule has 104 valence electrons. The molecule has 0 aliphatic heterocycles. The molecule has 0 bridgehead atoms. The molecule has 5 nitrogen and oxygen atoms in total. The summed E-state index contributed by atoms with van der Waals surface area (Å²) < 4.78 is 0. The van der Waals surface area contributed by atoms with Crippen LogP contribution in [0, 0.1) is 0 Å². The fraction of sp³-hybridized carbons (Fsp3) is 0.267. The standard InChI is InChI=1S/C15H18N4O/c1-15(2,11-3-5-12(16)6-4-11)14(20)18-9-13-7-8-17-10-19-13/h3-8,10H,9,16H2,1-2H3,(H,18,20). The molecule has 1 amide bonds. The van der Waals surface area contributed by atoms with Gasteiger partial charge in [-0.15, -0.1) is 0 Å². The molecule has 0 fully saturated rings. The summed E-state index contributed by atoms with van der Waals surface area (Å²) in [5.41, 5.74) is 7.43. The first-order valence-electron chi connectivity index (χ1n) is 6.39. The van der Waals surface area contributed by atoms with Gasteiger partial charge >= 0.3 is 0 Å². The molecule has 0 radical (unpaired) electrons. The van der Waals surface area contributed by atoms with Gasteiger partial charge in [-0.1, -0.05) is 12.1 Å². The van der Waals surface area contributed by atoms with Crippen molar-refractivity contribution in [3.8, 4) is 0 Å². The van der Waals surface area contributed by atoms with Crippen LogP contribution in [0.5, 0.6) is 0 Å². The van der Waals surface area contributed by atoms with Crippen LogP contribution in [-0.2, 0) is 16.8 Å². The average Bonchev–Trinajstić information content (AvgIpc) is 2.46. The third-order valence-electron chi connectivity index (χ3n) is 3.27. The molecule has 0 saturated carbocycles. The molecule has 1 heterocycles. The topological polar surface area (TPSA) is 80.9 Å². The van der Waals surface area contributed by atoms with Gasteiger partial charge in [0.2, 0.25) is 5.91 Å². The van der Waals surface area contributed by atoms with Gasteiger partial charge in [-0.3, -0.25) is 4.79 Å². The van der Waals surface area contributed by atoms with E-state index in [2.05, 4.69) is 15.3 Å². The van der Waals surface area contributed by atoms with Crippen molar-refractivity contribution in [1.29, 1.82) is 0 Å². The van der Waals surface area contributed by atoms with Crippen LogP contribution in [0.15, 0.2) is 42.9 Å². The number of nitrogens with two attached hydrogens (primary N) is 1. The maximum absolute atomic E-state index is 12.3. The van der Waals surface area contributed by atoms with E-state index in [0.29, 0.717) is 12.2 Å². The molecule has 0 aliphatic rings. The van der Waals surface area contributed by atoms with Crippen molar-refractivity contribution < 1.29 is 4.79 Å². The highest BCUT2D eigenvalue weighted by atomic mass is 16.2.